The van der Waals surface area contributed by atoms with Crippen LogP contribution in [0.1, 0.15) is 49.7 Å². The fourth-order valence-corrected chi connectivity index (χ4v) is 3.18. The molecule has 114 valence electrons. The molecule has 1 amide bonds. The number of nitrogens with two attached hydrogens (primary N) is 1. The van der Waals surface area contributed by atoms with Gasteiger partial charge in [-0.05, 0) is 25.3 Å². The van der Waals surface area contributed by atoms with Crippen LogP contribution in [0, 0.1) is 5.92 Å². The first-order chi connectivity index (χ1) is 9.99. The van der Waals surface area contributed by atoms with Crippen LogP contribution in [0.15, 0.2) is 12.3 Å². The lowest BCUT2D eigenvalue weighted by Crippen LogP contribution is -2.32. The Kier molecular flexibility index (Phi) is 5.12. The molecule has 0 aliphatic rings. The summed E-state index contributed by atoms with van der Waals surface area (Å²) < 4.78 is 0. The maximum absolute atomic E-state index is 12.3. The number of carbonyl (C=O) groups excluding carboxylic acids is 1. The number of nitrogens with one attached hydrogen (secondary N) is 1. The number of hydrogen-bond donors (Lipinski definition) is 2. The van der Waals surface area contributed by atoms with Gasteiger partial charge in [0, 0.05) is 11.4 Å². The van der Waals surface area contributed by atoms with E-state index in [0.29, 0.717) is 21.3 Å². The van der Waals surface area contributed by atoms with Crippen LogP contribution in [0.5, 0.6) is 0 Å². The number of hydrogen-bond acceptors (Lipinski definition) is 5. The quantitative estimate of drug-likeness (QED) is 0.858. The first-order valence-corrected chi connectivity index (χ1v) is 8.11. The van der Waals surface area contributed by atoms with E-state index in [0.717, 1.165) is 18.2 Å². The number of aromatic nitrogens is 2. The van der Waals surface area contributed by atoms with E-state index in [2.05, 4.69) is 29.4 Å². The van der Waals surface area contributed by atoms with Crippen LogP contribution in [0.4, 0.5) is 5.69 Å². The largest absolute Gasteiger partial charge is 0.397 e. The molecule has 3 N–H and O–H groups in total. The van der Waals surface area contributed by atoms with E-state index in [4.69, 9.17) is 5.73 Å². The standard InChI is InChI=1S/C15H22N4OS/c1-9(2)5-4-6-10(3)18-14(20)13-12(16)11-7-8-17-19-15(11)21-13/h7-10H,4-6,16H2,1-3H3,(H,18,20). The van der Waals surface area contributed by atoms with E-state index in [1.54, 1.807) is 12.3 Å². The van der Waals surface area contributed by atoms with E-state index < -0.39 is 0 Å². The topological polar surface area (TPSA) is 80.9 Å². The SMILES string of the molecule is CC(C)CCCC(C)NC(=O)c1sc2nnccc2c1N. The van der Waals surface area contributed by atoms with Gasteiger partial charge in [-0.2, -0.15) is 5.10 Å². The van der Waals surface area contributed by atoms with Crippen molar-refractivity contribution >= 4 is 33.1 Å². The molecular weight excluding hydrogens is 284 g/mol. The van der Waals surface area contributed by atoms with Gasteiger partial charge in [0.15, 0.2) is 0 Å². The summed E-state index contributed by atoms with van der Waals surface area (Å²) in [4.78, 5) is 13.5. The van der Waals surface area contributed by atoms with Crippen LogP contribution in [-0.2, 0) is 0 Å². The molecule has 0 bridgehead atoms. The second kappa shape index (κ2) is 6.85. The minimum Gasteiger partial charge on any atom is -0.397 e. The van der Waals surface area contributed by atoms with Crippen molar-refractivity contribution in [1.82, 2.24) is 15.5 Å². The van der Waals surface area contributed by atoms with Crippen LogP contribution in [0.2, 0.25) is 0 Å². The molecule has 2 aromatic rings. The number of amides is 1. The zero-order valence-electron chi connectivity index (χ0n) is 12.7. The molecule has 1 atom stereocenters. The Morgan fingerprint density at radius 1 is 1.38 bits per heavy atom. The molecule has 2 heterocycles. The first kappa shape index (κ1) is 15.7. The number of anilines is 1. The fraction of sp³-hybridized carbons (Fsp3) is 0.533. The van der Waals surface area contributed by atoms with Crippen LogP contribution in [0.25, 0.3) is 10.2 Å². The molecule has 0 fully saturated rings. The highest BCUT2D eigenvalue weighted by atomic mass is 32.1. The van der Waals surface area contributed by atoms with Crippen molar-refractivity contribution in [2.24, 2.45) is 5.92 Å². The Morgan fingerprint density at radius 3 is 2.81 bits per heavy atom. The number of thiophene rings is 1. The second-order valence-corrected chi connectivity index (χ2v) is 6.79. The van der Waals surface area contributed by atoms with Crippen LogP contribution >= 0.6 is 11.3 Å². The number of nitrogens with zero attached hydrogens (tertiary/aromatic N) is 2. The normalized spacial score (nSPS) is 12.8. The summed E-state index contributed by atoms with van der Waals surface area (Å²) in [6.45, 7) is 6.45. The third-order valence-electron chi connectivity index (χ3n) is 3.42. The summed E-state index contributed by atoms with van der Waals surface area (Å²) in [5.74, 6) is 0.581. The van der Waals surface area contributed by atoms with Crippen molar-refractivity contribution in [2.75, 3.05) is 5.73 Å². The monoisotopic (exact) mass is 306 g/mol. The minimum atomic E-state index is -0.118. The second-order valence-electron chi connectivity index (χ2n) is 5.79. The fourth-order valence-electron chi connectivity index (χ4n) is 2.24. The lowest BCUT2D eigenvalue weighted by Gasteiger charge is -2.14. The highest BCUT2D eigenvalue weighted by Crippen LogP contribution is 2.31. The van der Waals surface area contributed by atoms with Gasteiger partial charge in [0.05, 0.1) is 11.9 Å². The molecular formula is C15H22N4OS. The molecule has 0 spiro atoms. The van der Waals surface area contributed by atoms with Gasteiger partial charge in [-0.3, -0.25) is 4.79 Å². The Morgan fingerprint density at radius 2 is 2.14 bits per heavy atom. The van der Waals surface area contributed by atoms with Gasteiger partial charge in [0.2, 0.25) is 0 Å². The number of carbonyl (C=O) groups is 1. The maximum atomic E-state index is 12.3. The lowest BCUT2D eigenvalue weighted by atomic mass is 10.0. The van der Waals surface area contributed by atoms with Gasteiger partial charge in [0.25, 0.3) is 5.91 Å². The van der Waals surface area contributed by atoms with Gasteiger partial charge >= 0.3 is 0 Å². The molecule has 0 aromatic carbocycles. The molecule has 6 heteroatoms. The average molecular weight is 306 g/mol. The molecule has 0 radical (unpaired) electrons. The highest BCUT2D eigenvalue weighted by Gasteiger charge is 2.18. The van der Waals surface area contributed by atoms with E-state index >= 15 is 0 Å². The van der Waals surface area contributed by atoms with Gasteiger partial charge < -0.3 is 11.1 Å². The summed E-state index contributed by atoms with van der Waals surface area (Å²) in [7, 11) is 0. The van der Waals surface area contributed by atoms with Gasteiger partial charge in [0.1, 0.15) is 9.71 Å². The molecule has 5 nitrogen and oxygen atoms in total. The lowest BCUT2D eigenvalue weighted by molar-refractivity contribution is 0.0943. The third-order valence-corrected chi connectivity index (χ3v) is 4.53. The molecule has 2 rings (SSSR count). The molecule has 21 heavy (non-hydrogen) atoms. The molecule has 1 unspecified atom stereocenters. The summed E-state index contributed by atoms with van der Waals surface area (Å²) in [6.07, 6.45) is 4.86. The Hall–Kier alpha value is -1.69. The molecule has 0 saturated carbocycles. The van der Waals surface area contributed by atoms with Crippen molar-refractivity contribution < 1.29 is 4.79 Å². The number of fused-ring (bicyclic) bond motifs is 1. The van der Waals surface area contributed by atoms with E-state index in [9.17, 15) is 4.79 Å². The van der Waals surface area contributed by atoms with Crippen LogP contribution in [0.3, 0.4) is 0 Å². The molecule has 0 aliphatic carbocycles. The molecule has 2 aromatic heterocycles. The van der Waals surface area contributed by atoms with E-state index in [1.165, 1.54) is 17.8 Å². The third kappa shape index (κ3) is 3.91. The van der Waals surface area contributed by atoms with Crippen molar-refractivity contribution in [3.8, 4) is 0 Å². The van der Waals surface area contributed by atoms with Gasteiger partial charge in [-0.25, -0.2) is 0 Å². The van der Waals surface area contributed by atoms with Crippen LogP contribution < -0.4 is 11.1 Å². The summed E-state index contributed by atoms with van der Waals surface area (Å²) in [6, 6.07) is 1.93. The van der Waals surface area contributed by atoms with Gasteiger partial charge in [-0.15, -0.1) is 16.4 Å². The van der Waals surface area contributed by atoms with Crippen molar-refractivity contribution in [2.45, 2.75) is 46.1 Å². The predicted molar refractivity (Wildman–Crippen MR) is 87.4 cm³/mol. The Bertz CT molecular complexity index is 623. The summed E-state index contributed by atoms with van der Waals surface area (Å²) in [5.41, 5.74) is 6.53. The highest BCUT2D eigenvalue weighted by molar-refractivity contribution is 7.21. The van der Waals surface area contributed by atoms with Crippen molar-refractivity contribution in [1.29, 1.82) is 0 Å². The van der Waals surface area contributed by atoms with E-state index in [-0.39, 0.29) is 11.9 Å². The summed E-state index contributed by atoms with van der Waals surface area (Å²) >= 11 is 1.29. The predicted octanol–water partition coefficient (Wildman–Crippen LogP) is 3.22. The summed E-state index contributed by atoms with van der Waals surface area (Å²) in [5, 5.41) is 11.6. The van der Waals surface area contributed by atoms with Crippen molar-refractivity contribution in [3.63, 3.8) is 0 Å². The minimum absolute atomic E-state index is 0.118. The van der Waals surface area contributed by atoms with Gasteiger partial charge in [-0.1, -0.05) is 26.7 Å². The zero-order valence-corrected chi connectivity index (χ0v) is 13.5. The smallest absolute Gasteiger partial charge is 0.263 e. The van der Waals surface area contributed by atoms with Crippen molar-refractivity contribution in [3.05, 3.63) is 17.1 Å². The van der Waals surface area contributed by atoms with Crippen LogP contribution in [-0.4, -0.2) is 22.1 Å². The number of nitrogen functional groups attached to an aromatic ring is 1. The first-order valence-electron chi connectivity index (χ1n) is 7.29. The Balaban J connectivity index is 2.00. The number of rotatable bonds is 6. The Labute approximate surface area is 128 Å². The maximum Gasteiger partial charge on any atom is 0.263 e. The molecule has 0 saturated heterocycles. The van der Waals surface area contributed by atoms with E-state index in [1.807, 2.05) is 6.92 Å². The average Bonchev–Trinajstić information content (AvgIpc) is 2.76. The molecule has 0 aliphatic heterocycles. The zero-order chi connectivity index (χ0) is 15.4.